The molecular weight excluding hydrogens is 196 g/mol. The molecule has 1 heterocycles. The van der Waals surface area contributed by atoms with E-state index in [4.69, 9.17) is 4.74 Å². The second-order valence-electron chi connectivity index (χ2n) is 3.59. The van der Waals surface area contributed by atoms with Crippen molar-refractivity contribution in [2.45, 2.75) is 26.4 Å². The molecule has 0 aliphatic carbocycles. The Bertz CT molecular complexity index is 369. The molecule has 0 unspecified atom stereocenters. The fourth-order valence-electron chi connectivity index (χ4n) is 1.46. The highest BCUT2D eigenvalue weighted by molar-refractivity contribution is 5.80. The fraction of sp³-hybridized carbons (Fsp3) is 0.600. The smallest absolute Gasteiger partial charge is 0.342 e. The molecule has 1 atom stereocenters. The predicted molar refractivity (Wildman–Crippen MR) is 54.1 cm³/mol. The number of rotatable bonds is 3. The second-order valence-corrected chi connectivity index (χ2v) is 3.59. The van der Waals surface area contributed by atoms with Crippen LogP contribution in [0.1, 0.15) is 25.1 Å². The normalized spacial score (nSPS) is 14.7. The minimum atomic E-state index is -1.63. The molecule has 5 nitrogen and oxygen atoms in total. The van der Waals surface area contributed by atoms with E-state index >= 15 is 0 Å². The Balaban J connectivity index is 3.04. The number of carbonyl (C=O) groups excluding carboxylic acids is 1. The first-order chi connectivity index (χ1) is 6.89. The van der Waals surface area contributed by atoms with Gasteiger partial charge >= 0.3 is 5.97 Å². The van der Waals surface area contributed by atoms with Gasteiger partial charge in [-0.2, -0.15) is 5.10 Å². The first-order valence-electron chi connectivity index (χ1n) is 4.80. The van der Waals surface area contributed by atoms with Gasteiger partial charge in [-0.05, 0) is 20.8 Å². The first kappa shape index (κ1) is 11.7. The van der Waals surface area contributed by atoms with Crippen LogP contribution in [-0.2, 0) is 22.2 Å². The van der Waals surface area contributed by atoms with Gasteiger partial charge < -0.3 is 9.84 Å². The van der Waals surface area contributed by atoms with E-state index in [-0.39, 0.29) is 6.61 Å². The maximum absolute atomic E-state index is 11.5. The van der Waals surface area contributed by atoms with Crippen molar-refractivity contribution >= 4 is 5.97 Å². The van der Waals surface area contributed by atoms with Gasteiger partial charge in [-0.25, -0.2) is 4.79 Å². The molecule has 0 amide bonds. The minimum absolute atomic E-state index is 0.244. The van der Waals surface area contributed by atoms with E-state index < -0.39 is 11.6 Å². The monoisotopic (exact) mass is 212 g/mol. The van der Waals surface area contributed by atoms with E-state index in [9.17, 15) is 9.90 Å². The van der Waals surface area contributed by atoms with Gasteiger partial charge in [0.15, 0.2) is 5.60 Å². The van der Waals surface area contributed by atoms with Crippen molar-refractivity contribution in [3.05, 3.63) is 17.5 Å². The summed E-state index contributed by atoms with van der Waals surface area (Å²) in [5, 5.41) is 14.1. The second kappa shape index (κ2) is 4.02. The molecule has 1 aromatic heterocycles. The lowest BCUT2D eigenvalue weighted by Gasteiger charge is -2.20. The van der Waals surface area contributed by atoms with Crippen LogP contribution >= 0.6 is 0 Å². The van der Waals surface area contributed by atoms with Crippen molar-refractivity contribution in [1.29, 1.82) is 0 Å². The summed E-state index contributed by atoms with van der Waals surface area (Å²) in [4.78, 5) is 11.5. The van der Waals surface area contributed by atoms with Crippen LogP contribution in [0.15, 0.2) is 6.20 Å². The number of ether oxygens (including phenoxy) is 1. The van der Waals surface area contributed by atoms with Crippen molar-refractivity contribution in [3.8, 4) is 0 Å². The van der Waals surface area contributed by atoms with Gasteiger partial charge in [0.25, 0.3) is 0 Å². The van der Waals surface area contributed by atoms with E-state index in [2.05, 4.69) is 5.10 Å². The zero-order valence-electron chi connectivity index (χ0n) is 9.44. The minimum Gasteiger partial charge on any atom is -0.464 e. The Morgan fingerprint density at radius 1 is 1.73 bits per heavy atom. The van der Waals surface area contributed by atoms with Crippen LogP contribution in [-0.4, -0.2) is 27.5 Å². The lowest BCUT2D eigenvalue weighted by atomic mass is 9.97. The third-order valence-electron chi connectivity index (χ3n) is 2.21. The van der Waals surface area contributed by atoms with Crippen LogP contribution in [0.3, 0.4) is 0 Å². The van der Waals surface area contributed by atoms with Gasteiger partial charge in [0, 0.05) is 18.8 Å². The van der Waals surface area contributed by atoms with Crippen LogP contribution in [0.4, 0.5) is 0 Å². The largest absolute Gasteiger partial charge is 0.464 e. The van der Waals surface area contributed by atoms with Crippen molar-refractivity contribution in [3.63, 3.8) is 0 Å². The number of hydrogen-bond donors (Lipinski definition) is 1. The van der Waals surface area contributed by atoms with E-state index in [1.165, 1.54) is 6.92 Å². The third-order valence-corrected chi connectivity index (χ3v) is 2.21. The van der Waals surface area contributed by atoms with Crippen molar-refractivity contribution in [2.75, 3.05) is 6.61 Å². The Labute approximate surface area is 88.7 Å². The van der Waals surface area contributed by atoms with E-state index in [0.717, 1.165) is 0 Å². The zero-order chi connectivity index (χ0) is 11.6. The van der Waals surface area contributed by atoms with E-state index in [0.29, 0.717) is 11.3 Å². The summed E-state index contributed by atoms with van der Waals surface area (Å²) in [6.45, 7) is 5.09. The van der Waals surface area contributed by atoms with Crippen molar-refractivity contribution < 1.29 is 14.6 Å². The molecule has 0 aliphatic heterocycles. The number of esters is 1. The SMILES string of the molecule is CCOC(=O)[C@@](C)(O)c1cn(C)nc1C. The van der Waals surface area contributed by atoms with E-state index in [1.54, 1.807) is 31.8 Å². The molecule has 15 heavy (non-hydrogen) atoms. The Kier molecular flexibility index (Phi) is 3.14. The van der Waals surface area contributed by atoms with Crippen LogP contribution < -0.4 is 0 Å². The highest BCUT2D eigenvalue weighted by Crippen LogP contribution is 2.24. The lowest BCUT2D eigenvalue weighted by Crippen LogP contribution is -2.34. The average molecular weight is 212 g/mol. The van der Waals surface area contributed by atoms with Gasteiger partial charge in [-0.3, -0.25) is 4.68 Å². The van der Waals surface area contributed by atoms with Crippen LogP contribution in [0.2, 0.25) is 0 Å². The number of hydrogen-bond acceptors (Lipinski definition) is 4. The summed E-state index contributed by atoms with van der Waals surface area (Å²) in [7, 11) is 1.73. The summed E-state index contributed by atoms with van der Waals surface area (Å²) < 4.78 is 6.35. The van der Waals surface area contributed by atoms with Crippen LogP contribution in [0.5, 0.6) is 0 Å². The predicted octanol–water partition coefficient (Wildman–Crippen LogP) is 0.499. The molecule has 0 aliphatic rings. The maximum Gasteiger partial charge on any atom is 0.342 e. The molecule has 1 N–H and O–H groups in total. The number of carbonyl (C=O) groups is 1. The summed E-state index contributed by atoms with van der Waals surface area (Å²) in [5.41, 5.74) is -0.534. The molecular formula is C10H16N2O3. The van der Waals surface area contributed by atoms with Gasteiger partial charge in [-0.15, -0.1) is 0 Å². The number of nitrogens with zero attached hydrogens (tertiary/aromatic N) is 2. The van der Waals surface area contributed by atoms with Gasteiger partial charge in [-0.1, -0.05) is 0 Å². The molecule has 0 saturated carbocycles. The van der Waals surface area contributed by atoms with E-state index in [1.807, 2.05) is 0 Å². The summed E-state index contributed by atoms with van der Waals surface area (Å²) >= 11 is 0. The average Bonchev–Trinajstić information content (AvgIpc) is 2.46. The molecule has 1 rings (SSSR count). The summed E-state index contributed by atoms with van der Waals surface area (Å²) in [6, 6.07) is 0. The third kappa shape index (κ3) is 2.18. The van der Waals surface area contributed by atoms with Crippen molar-refractivity contribution in [1.82, 2.24) is 9.78 Å². The number of aromatic nitrogens is 2. The fourth-order valence-corrected chi connectivity index (χ4v) is 1.46. The van der Waals surface area contributed by atoms with Gasteiger partial charge in [0.2, 0.25) is 0 Å². The summed E-state index contributed by atoms with van der Waals surface area (Å²) in [5.74, 6) is -0.652. The first-order valence-corrected chi connectivity index (χ1v) is 4.80. The highest BCUT2D eigenvalue weighted by atomic mass is 16.5. The molecule has 0 fully saturated rings. The number of aliphatic hydroxyl groups is 1. The Hall–Kier alpha value is -1.36. The van der Waals surface area contributed by atoms with Crippen LogP contribution in [0.25, 0.3) is 0 Å². The quantitative estimate of drug-likeness (QED) is 0.741. The van der Waals surface area contributed by atoms with Crippen LogP contribution in [0, 0.1) is 6.92 Å². The lowest BCUT2D eigenvalue weighted by molar-refractivity contribution is -0.164. The van der Waals surface area contributed by atoms with Gasteiger partial charge in [0.1, 0.15) is 0 Å². The maximum atomic E-state index is 11.5. The molecule has 0 aromatic carbocycles. The van der Waals surface area contributed by atoms with Gasteiger partial charge in [0.05, 0.1) is 12.3 Å². The zero-order valence-corrected chi connectivity index (χ0v) is 9.44. The summed E-state index contributed by atoms with van der Waals surface area (Å²) in [6.07, 6.45) is 1.62. The molecule has 0 bridgehead atoms. The molecule has 84 valence electrons. The Morgan fingerprint density at radius 2 is 2.33 bits per heavy atom. The molecule has 1 aromatic rings. The Morgan fingerprint density at radius 3 is 2.73 bits per heavy atom. The molecule has 0 radical (unpaired) electrons. The molecule has 0 saturated heterocycles. The topological polar surface area (TPSA) is 64.3 Å². The molecule has 0 spiro atoms. The van der Waals surface area contributed by atoms with Crippen molar-refractivity contribution in [2.24, 2.45) is 7.05 Å². The molecule has 5 heteroatoms. The highest BCUT2D eigenvalue weighted by Gasteiger charge is 2.36. The standard InChI is InChI=1S/C10H16N2O3/c1-5-15-9(13)10(3,14)8-6-12(4)11-7(8)2/h6,14H,5H2,1-4H3/t10-/m0/s1. The number of aryl methyl sites for hydroxylation is 2.